The van der Waals surface area contributed by atoms with E-state index in [0.29, 0.717) is 31.3 Å². The van der Waals surface area contributed by atoms with Crippen LogP contribution in [0.5, 0.6) is 0 Å². The summed E-state index contributed by atoms with van der Waals surface area (Å²) in [5, 5.41) is 13.8. The number of fused-ring (bicyclic) bond motifs is 1. The molecule has 1 N–H and O–H groups in total. The smallest absolute Gasteiger partial charge is 0.419 e. The van der Waals surface area contributed by atoms with Crippen molar-refractivity contribution in [3.8, 4) is 0 Å². The van der Waals surface area contributed by atoms with Crippen molar-refractivity contribution in [2.45, 2.75) is 65.1 Å². The number of rotatable bonds is 6. The molecule has 0 aromatic carbocycles. The van der Waals surface area contributed by atoms with Gasteiger partial charge < -0.3 is 14.7 Å². The molecule has 0 saturated heterocycles. The Labute approximate surface area is 183 Å². The molecule has 0 bridgehead atoms. The van der Waals surface area contributed by atoms with Crippen molar-refractivity contribution in [3.05, 3.63) is 29.6 Å². The molecule has 2 aromatic heterocycles. The van der Waals surface area contributed by atoms with Gasteiger partial charge in [-0.25, -0.2) is 24.4 Å². The number of ether oxygens (including phenoxy) is 1. The highest BCUT2D eigenvalue weighted by Gasteiger charge is 2.32. The molecule has 0 saturated carbocycles. The van der Waals surface area contributed by atoms with Gasteiger partial charge in [0.1, 0.15) is 12.4 Å². The molecule has 32 heavy (non-hydrogen) atoms. The van der Waals surface area contributed by atoms with E-state index in [1.54, 1.807) is 16.5 Å². The Hall–Kier alpha value is -2.96. The highest BCUT2D eigenvalue weighted by molar-refractivity contribution is 5.66. The molecule has 0 unspecified atom stereocenters. The van der Waals surface area contributed by atoms with E-state index in [-0.39, 0.29) is 25.2 Å². The van der Waals surface area contributed by atoms with Crippen molar-refractivity contribution in [2.24, 2.45) is 0 Å². The molecule has 13 heteroatoms. The van der Waals surface area contributed by atoms with Crippen LogP contribution in [0.3, 0.4) is 0 Å². The van der Waals surface area contributed by atoms with Gasteiger partial charge in [-0.3, -0.25) is 4.90 Å². The number of alkyl halides is 3. The van der Waals surface area contributed by atoms with Gasteiger partial charge in [-0.05, 0) is 27.7 Å². The summed E-state index contributed by atoms with van der Waals surface area (Å²) < 4.78 is 45.5. The summed E-state index contributed by atoms with van der Waals surface area (Å²) in [6.07, 6.45) is -3.98. The maximum absolute atomic E-state index is 12.7. The summed E-state index contributed by atoms with van der Waals surface area (Å²) in [5.74, 6) is 1.25. The van der Waals surface area contributed by atoms with E-state index in [1.165, 1.54) is 4.90 Å². The first-order chi connectivity index (χ1) is 14.9. The Balaban J connectivity index is 1.58. The van der Waals surface area contributed by atoms with E-state index in [0.717, 1.165) is 12.4 Å². The summed E-state index contributed by atoms with van der Waals surface area (Å²) in [6, 6.07) is -0.364. The van der Waals surface area contributed by atoms with E-state index >= 15 is 0 Å². The van der Waals surface area contributed by atoms with Gasteiger partial charge in [-0.2, -0.15) is 18.3 Å². The van der Waals surface area contributed by atoms with Crippen LogP contribution in [0, 0.1) is 0 Å². The highest BCUT2D eigenvalue weighted by atomic mass is 19.4. The number of nitrogens with zero attached hydrogens (tertiary/aromatic N) is 7. The first-order valence-corrected chi connectivity index (χ1v) is 10.0. The number of amides is 1. The maximum Gasteiger partial charge on any atom is 0.419 e. The van der Waals surface area contributed by atoms with Crippen molar-refractivity contribution in [1.29, 1.82) is 0 Å². The third-order valence-electron chi connectivity index (χ3n) is 4.91. The molecule has 1 aliphatic rings. The molecular formula is C19H26F3N7O3. The second kappa shape index (κ2) is 8.88. The molecule has 0 radical (unpaired) electrons. The standard InChI is InChI=1S/C19H26F3N7O3/c1-12(29(17(30)31)18(2,3)4)10-32-11-14-25-15-9-27(5-6-28(15)26-14)16-23-7-13(8-24-16)19(20,21)22/h7-8,12H,5-6,9-11H2,1-4H3,(H,30,31)/t12-/m0/s1. The Morgan fingerprint density at radius 1 is 1.25 bits per heavy atom. The molecule has 0 aliphatic carbocycles. The van der Waals surface area contributed by atoms with E-state index in [1.807, 2.05) is 20.8 Å². The normalized spacial score (nSPS) is 15.4. The Morgan fingerprint density at radius 3 is 2.47 bits per heavy atom. The number of halogens is 3. The SMILES string of the molecule is C[C@@H](COCc1nc2n(n1)CCN(c1ncc(C(F)(F)F)cn1)C2)N(C(=O)O)C(C)(C)C. The van der Waals surface area contributed by atoms with Gasteiger partial charge in [0.15, 0.2) is 5.82 Å². The lowest BCUT2D eigenvalue weighted by Gasteiger charge is -2.37. The molecule has 10 nitrogen and oxygen atoms in total. The third-order valence-corrected chi connectivity index (χ3v) is 4.91. The number of hydrogen-bond acceptors (Lipinski definition) is 7. The van der Waals surface area contributed by atoms with Crippen LogP contribution in [0.1, 0.15) is 44.9 Å². The van der Waals surface area contributed by atoms with Crippen LogP contribution in [0.2, 0.25) is 0 Å². The Bertz CT molecular complexity index is 941. The fourth-order valence-electron chi connectivity index (χ4n) is 3.58. The predicted molar refractivity (Wildman–Crippen MR) is 107 cm³/mol. The van der Waals surface area contributed by atoms with E-state index in [2.05, 4.69) is 20.1 Å². The molecule has 0 fully saturated rings. The van der Waals surface area contributed by atoms with Crippen LogP contribution in [0.15, 0.2) is 12.4 Å². The van der Waals surface area contributed by atoms with Crippen LogP contribution >= 0.6 is 0 Å². The fraction of sp³-hybridized carbons (Fsp3) is 0.632. The van der Waals surface area contributed by atoms with Crippen LogP contribution < -0.4 is 4.90 Å². The number of anilines is 1. The highest BCUT2D eigenvalue weighted by Crippen LogP contribution is 2.28. The predicted octanol–water partition coefficient (Wildman–Crippen LogP) is 2.79. The zero-order valence-corrected chi connectivity index (χ0v) is 18.3. The zero-order valence-electron chi connectivity index (χ0n) is 18.3. The molecule has 3 heterocycles. The minimum atomic E-state index is -4.48. The summed E-state index contributed by atoms with van der Waals surface area (Å²) in [7, 11) is 0. The van der Waals surface area contributed by atoms with Gasteiger partial charge in [-0.15, -0.1) is 0 Å². The van der Waals surface area contributed by atoms with E-state index in [9.17, 15) is 23.1 Å². The first-order valence-electron chi connectivity index (χ1n) is 10.0. The first kappa shape index (κ1) is 23.7. The van der Waals surface area contributed by atoms with Gasteiger partial charge in [0.05, 0.1) is 31.3 Å². The average Bonchev–Trinajstić information content (AvgIpc) is 3.07. The van der Waals surface area contributed by atoms with E-state index in [4.69, 9.17) is 4.74 Å². The van der Waals surface area contributed by atoms with Crippen molar-refractivity contribution in [1.82, 2.24) is 29.6 Å². The third kappa shape index (κ3) is 5.44. The molecule has 176 valence electrons. The monoisotopic (exact) mass is 457 g/mol. The molecule has 1 aliphatic heterocycles. The van der Waals surface area contributed by atoms with Crippen LogP contribution in [0.25, 0.3) is 0 Å². The summed E-state index contributed by atoms with van der Waals surface area (Å²) >= 11 is 0. The number of hydrogen-bond donors (Lipinski definition) is 1. The Morgan fingerprint density at radius 2 is 1.91 bits per heavy atom. The van der Waals surface area contributed by atoms with Gasteiger partial charge in [0.2, 0.25) is 5.95 Å². The zero-order chi connectivity index (χ0) is 23.7. The largest absolute Gasteiger partial charge is 0.465 e. The quantitative estimate of drug-likeness (QED) is 0.705. The van der Waals surface area contributed by atoms with Crippen molar-refractivity contribution in [2.75, 3.05) is 18.1 Å². The van der Waals surface area contributed by atoms with Crippen LogP contribution in [-0.4, -0.2) is 65.6 Å². The van der Waals surface area contributed by atoms with Crippen LogP contribution in [-0.2, 0) is 30.6 Å². The van der Waals surface area contributed by atoms with E-state index < -0.39 is 23.4 Å². The van der Waals surface area contributed by atoms with Gasteiger partial charge in [0, 0.05) is 24.5 Å². The van der Waals surface area contributed by atoms with Crippen LogP contribution in [0.4, 0.5) is 23.9 Å². The molecule has 3 rings (SSSR count). The summed E-state index contributed by atoms with van der Waals surface area (Å²) in [4.78, 5) is 26.7. The molecule has 1 amide bonds. The van der Waals surface area contributed by atoms with Gasteiger partial charge in [0.25, 0.3) is 0 Å². The van der Waals surface area contributed by atoms with Crippen molar-refractivity contribution >= 4 is 12.0 Å². The Kier molecular flexibility index (Phi) is 6.58. The fourth-order valence-corrected chi connectivity index (χ4v) is 3.58. The summed E-state index contributed by atoms with van der Waals surface area (Å²) in [6.45, 7) is 8.74. The average molecular weight is 457 g/mol. The summed E-state index contributed by atoms with van der Waals surface area (Å²) in [5.41, 5.74) is -1.47. The second-order valence-corrected chi connectivity index (χ2v) is 8.55. The number of aromatic nitrogens is 5. The minimum Gasteiger partial charge on any atom is -0.465 e. The lowest BCUT2D eigenvalue weighted by molar-refractivity contribution is -0.138. The maximum atomic E-state index is 12.7. The minimum absolute atomic E-state index is 0.110. The topological polar surface area (TPSA) is 110 Å². The molecule has 1 atom stereocenters. The van der Waals surface area contributed by atoms with Crippen molar-refractivity contribution < 1.29 is 27.8 Å². The van der Waals surface area contributed by atoms with Crippen molar-refractivity contribution in [3.63, 3.8) is 0 Å². The molecular weight excluding hydrogens is 431 g/mol. The number of carboxylic acid groups (broad SMARTS) is 1. The number of carbonyl (C=O) groups is 1. The lowest BCUT2D eigenvalue weighted by atomic mass is 10.0. The van der Waals surface area contributed by atoms with Gasteiger partial charge >= 0.3 is 12.3 Å². The molecule has 0 spiro atoms. The lowest BCUT2D eigenvalue weighted by Crippen LogP contribution is -2.51. The van der Waals surface area contributed by atoms with Gasteiger partial charge in [-0.1, -0.05) is 0 Å². The molecule has 2 aromatic rings. The second-order valence-electron chi connectivity index (χ2n) is 8.55.